The molecule has 0 spiro atoms. The molecule has 2 aromatic carbocycles. The number of thiazole rings is 1. The summed E-state index contributed by atoms with van der Waals surface area (Å²) in [4.78, 5) is 32.7. The second-order valence-electron chi connectivity index (χ2n) is 7.22. The van der Waals surface area contributed by atoms with Crippen molar-refractivity contribution in [3.8, 4) is 5.75 Å². The van der Waals surface area contributed by atoms with Crippen LogP contribution in [0.15, 0.2) is 54.6 Å². The summed E-state index contributed by atoms with van der Waals surface area (Å²) in [6.07, 6.45) is 0.927. The van der Waals surface area contributed by atoms with E-state index in [1.165, 1.54) is 16.2 Å². The Kier molecular flexibility index (Phi) is 6.29. The summed E-state index contributed by atoms with van der Waals surface area (Å²) in [7, 11) is 1.66. The minimum atomic E-state index is -0.842. The van der Waals surface area contributed by atoms with Crippen LogP contribution in [0, 0.1) is 0 Å². The van der Waals surface area contributed by atoms with E-state index in [9.17, 15) is 14.7 Å². The molecule has 2 amide bonds. The Morgan fingerprint density at radius 2 is 1.97 bits per heavy atom. The molecule has 3 aromatic rings. The van der Waals surface area contributed by atoms with Gasteiger partial charge in [-0.25, -0.2) is 4.98 Å². The number of benzene rings is 2. The first-order chi connectivity index (χ1) is 15.1. The zero-order chi connectivity index (χ0) is 21.8. The Labute approximate surface area is 184 Å². The average Bonchev–Trinajstić information content (AvgIpc) is 3.14. The molecule has 7 nitrogen and oxygen atoms in total. The molecule has 8 heteroatoms. The van der Waals surface area contributed by atoms with E-state index < -0.39 is 11.9 Å². The number of rotatable bonds is 6. The first kappa shape index (κ1) is 21.0. The Morgan fingerprint density at radius 1 is 1.23 bits per heavy atom. The second-order valence-corrected chi connectivity index (χ2v) is 8.39. The Bertz CT molecular complexity index is 1080. The summed E-state index contributed by atoms with van der Waals surface area (Å²) < 4.78 is 5.77. The van der Waals surface area contributed by atoms with E-state index in [2.05, 4.69) is 10.3 Å². The van der Waals surface area contributed by atoms with Crippen molar-refractivity contribution in [2.24, 2.45) is 0 Å². The van der Waals surface area contributed by atoms with Gasteiger partial charge in [0.15, 0.2) is 0 Å². The maximum Gasteiger partial charge on any atom is 0.271 e. The van der Waals surface area contributed by atoms with Crippen molar-refractivity contribution >= 4 is 28.8 Å². The van der Waals surface area contributed by atoms with Crippen molar-refractivity contribution in [1.29, 1.82) is 0 Å². The van der Waals surface area contributed by atoms with Gasteiger partial charge < -0.3 is 20.1 Å². The number of aliphatic hydroxyl groups is 1. The van der Waals surface area contributed by atoms with Crippen LogP contribution in [0.1, 0.15) is 25.9 Å². The SMILES string of the molecule is CN1C(=O)[C@@H](NC(=O)c2nc(Cc3ccccc3)sc2CCO)COc2ccccc21. The summed E-state index contributed by atoms with van der Waals surface area (Å²) in [5.74, 6) is -0.114. The fourth-order valence-electron chi connectivity index (χ4n) is 3.48. The summed E-state index contributed by atoms with van der Waals surface area (Å²) in [6, 6.07) is 16.3. The molecule has 0 fully saturated rings. The lowest BCUT2D eigenvalue weighted by molar-refractivity contribution is -0.120. The highest BCUT2D eigenvalue weighted by molar-refractivity contribution is 7.12. The zero-order valence-corrected chi connectivity index (χ0v) is 17.9. The monoisotopic (exact) mass is 437 g/mol. The van der Waals surface area contributed by atoms with Gasteiger partial charge in [-0.05, 0) is 17.7 Å². The van der Waals surface area contributed by atoms with Crippen molar-refractivity contribution in [2.75, 3.05) is 25.2 Å². The van der Waals surface area contributed by atoms with Gasteiger partial charge >= 0.3 is 0 Å². The molecule has 1 atom stereocenters. The van der Waals surface area contributed by atoms with Crippen LogP contribution in [-0.2, 0) is 17.6 Å². The van der Waals surface area contributed by atoms with Crippen LogP contribution in [0.4, 0.5) is 5.69 Å². The van der Waals surface area contributed by atoms with Crippen LogP contribution in [0.3, 0.4) is 0 Å². The van der Waals surface area contributed by atoms with E-state index in [0.717, 1.165) is 10.6 Å². The number of fused-ring (bicyclic) bond motifs is 1. The standard InChI is InChI=1S/C23H23N3O4S/c1-26-17-9-5-6-10-18(17)30-14-16(23(26)29)24-22(28)21-19(11-12-27)31-20(25-21)13-15-7-3-2-4-8-15/h2-10,16,27H,11-14H2,1H3,(H,24,28)/t16-/m0/s1. The summed E-state index contributed by atoms with van der Waals surface area (Å²) in [5, 5.41) is 13.0. The number of carbonyl (C=O) groups excluding carboxylic acids is 2. The minimum Gasteiger partial charge on any atom is -0.489 e. The number of carbonyl (C=O) groups is 2. The van der Waals surface area contributed by atoms with E-state index >= 15 is 0 Å². The summed E-state index contributed by atoms with van der Waals surface area (Å²) in [5.41, 5.74) is 2.00. The number of anilines is 1. The van der Waals surface area contributed by atoms with Gasteiger partial charge in [0.25, 0.3) is 11.8 Å². The van der Waals surface area contributed by atoms with Crippen molar-refractivity contribution in [3.63, 3.8) is 0 Å². The van der Waals surface area contributed by atoms with E-state index in [-0.39, 0.29) is 24.8 Å². The molecular weight excluding hydrogens is 414 g/mol. The number of aliphatic hydroxyl groups excluding tert-OH is 1. The van der Waals surface area contributed by atoms with Crippen molar-refractivity contribution in [3.05, 3.63) is 75.7 Å². The van der Waals surface area contributed by atoms with Gasteiger partial charge in [-0.1, -0.05) is 42.5 Å². The normalized spacial score (nSPS) is 15.7. The van der Waals surface area contributed by atoms with Crippen LogP contribution in [0.2, 0.25) is 0 Å². The van der Waals surface area contributed by atoms with Crippen molar-refractivity contribution in [1.82, 2.24) is 10.3 Å². The minimum absolute atomic E-state index is 0.0300. The quantitative estimate of drug-likeness (QED) is 0.618. The molecule has 0 saturated carbocycles. The molecule has 1 aromatic heterocycles. The number of nitrogens with one attached hydrogen (secondary N) is 1. The molecule has 1 aliphatic rings. The largest absolute Gasteiger partial charge is 0.489 e. The molecule has 160 valence electrons. The third-order valence-electron chi connectivity index (χ3n) is 5.06. The highest BCUT2D eigenvalue weighted by Crippen LogP contribution is 2.30. The van der Waals surface area contributed by atoms with E-state index in [1.807, 2.05) is 42.5 Å². The third-order valence-corrected chi connectivity index (χ3v) is 6.17. The number of amides is 2. The number of para-hydroxylation sites is 2. The molecule has 4 rings (SSSR count). The van der Waals surface area contributed by atoms with E-state index in [4.69, 9.17) is 4.74 Å². The van der Waals surface area contributed by atoms with Crippen LogP contribution in [0.25, 0.3) is 0 Å². The van der Waals surface area contributed by atoms with Crippen LogP contribution >= 0.6 is 11.3 Å². The topological polar surface area (TPSA) is 91.8 Å². The number of nitrogens with zero attached hydrogens (tertiary/aromatic N) is 2. The van der Waals surface area contributed by atoms with Crippen molar-refractivity contribution < 1.29 is 19.4 Å². The maximum absolute atomic E-state index is 13.0. The molecule has 0 radical (unpaired) electrons. The first-order valence-corrected chi connectivity index (χ1v) is 10.8. The molecule has 31 heavy (non-hydrogen) atoms. The highest BCUT2D eigenvalue weighted by Gasteiger charge is 2.31. The summed E-state index contributed by atoms with van der Waals surface area (Å²) >= 11 is 1.41. The molecule has 0 unspecified atom stereocenters. The number of hydrogen-bond acceptors (Lipinski definition) is 6. The molecule has 0 saturated heterocycles. The predicted octanol–water partition coefficient (Wildman–Crippen LogP) is 2.42. The van der Waals surface area contributed by atoms with Gasteiger partial charge in [0, 0.05) is 31.4 Å². The highest BCUT2D eigenvalue weighted by atomic mass is 32.1. The van der Waals surface area contributed by atoms with Crippen molar-refractivity contribution in [2.45, 2.75) is 18.9 Å². The van der Waals surface area contributed by atoms with Gasteiger partial charge in [0.2, 0.25) is 0 Å². The fraction of sp³-hybridized carbons (Fsp3) is 0.261. The Balaban J connectivity index is 1.53. The summed E-state index contributed by atoms with van der Waals surface area (Å²) in [6.45, 7) is -0.0565. The molecule has 0 bridgehead atoms. The fourth-order valence-corrected chi connectivity index (χ4v) is 4.57. The van der Waals surface area contributed by atoms with Gasteiger partial charge in [-0.3, -0.25) is 9.59 Å². The van der Waals surface area contributed by atoms with Gasteiger partial charge in [0.1, 0.15) is 24.1 Å². The van der Waals surface area contributed by atoms with Gasteiger partial charge in [-0.15, -0.1) is 11.3 Å². The molecule has 2 N–H and O–H groups in total. The third kappa shape index (κ3) is 4.60. The smallest absolute Gasteiger partial charge is 0.271 e. The molecule has 2 heterocycles. The molecule has 1 aliphatic heterocycles. The van der Waals surface area contributed by atoms with Gasteiger partial charge in [-0.2, -0.15) is 0 Å². The van der Waals surface area contributed by atoms with E-state index in [0.29, 0.717) is 29.2 Å². The lowest BCUT2D eigenvalue weighted by atomic mass is 10.2. The van der Waals surface area contributed by atoms with Crippen LogP contribution in [-0.4, -0.2) is 48.2 Å². The predicted molar refractivity (Wildman–Crippen MR) is 119 cm³/mol. The lowest BCUT2D eigenvalue weighted by Crippen LogP contribution is -2.49. The maximum atomic E-state index is 13.0. The van der Waals surface area contributed by atoms with Crippen LogP contribution in [0.5, 0.6) is 5.75 Å². The lowest BCUT2D eigenvalue weighted by Gasteiger charge is -2.20. The van der Waals surface area contributed by atoms with Crippen LogP contribution < -0.4 is 15.0 Å². The Hall–Kier alpha value is -3.23. The number of hydrogen-bond donors (Lipinski definition) is 2. The molecular formula is C23H23N3O4S. The van der Waals surface area contributed by atoms with E-state index in [1.54, 1.807) is 19.2 Å². The number of aromatic nitrogens is 1. The first-order valence-electron chi connectivity index (χ1n) is 10.0. The second kappa shape index (κ2) is 9.28. The Morgan fingerprint density at radius 3 is 2.74 bits per heavy atom. The average molecular weight is 438 g/mol. The molecule has 0 aliphatic carbocycles. The van der Waals surface area contributed by atoms with Gasteiger partial charge in [0.05, 0.1) is 10.7 Å². The number of ether oxygens (including phenoxy) is 1. The zero-order valence-electron chi connectivity index (χ0n) is 17.1. The number of likely N-dealkylation sites (N-methyl/N-ethyl adjacent to an activating group) is 1.